The highest BCUT2D eigenvalue weighted by Gasteiger charge is 2.08. The molecule has 5 heteroatoms. The Labute approximate surface area is 104 Å². The molecular formula is C13H16F2N2O. The average molecular weight is 254 g/mol. The van der Waals surface area contributed by atoms with Gasteiger partial charge in [-0.2, -0.15) is 0 Å². The zero-order chi connectivity index (χ0) is 13.0. The maximum atomic E-state index is 13.1. The number of fused-ring (bicyclic) bond motifs is 1. The molecule has 2 rings (SSSR count). The molecule has 0 saturated carbocycles. The van der Waals surface area contributed by atoms with E-state index in [0.717, 1.165) is 25.5 Å². The van der Waals surface area contributed by atoms with Gasteiger partial charge in [0.05, 0.1) is 24.0 Å². The molecule has 0 saturated heterocycles. The van der Waals surface area contributed by atoms with E-state index < -0.39 is 11.6 Å². The molecule has 0 atom stereocenters. The summed E-state index contributed by atoms with van der Waals surface area (Å²) in [4.78, 5) is 4.04. The number of benzene rings is 1. The summed E-state index contributed by atoms with van der Waals surface area (Å²) >= 11 is 0. The molecule has 0 aliphatic carbocycles. The molecule has 0 unspecified atom stereocenters. The lowest BCUT2D eigenvalue weighted by Crippen LogP contribution is -2.06. The minimum Gasteiger partial charge on any atom is -0.380 e. The minimum atomic E-state index is -0.869. The number of hydrogen-bond donors (Lipinski definition) is 0. The molecule has 0 fully saturated rings. The van der Waals surface area contributed by atoms with Crippen molar-refractivity contribution in [1.29, 1.82) is 0 Å². The fraction of sp³-hybridized carbons (Fsp3) is 0.462. The summed E-state index contributed by atoms with van der Waals surface area (Å²) in [6, 6.07) is 2.28. The van der Waals surface area contributed by atoms with Crippen molar-refractivity contribution >= 4 is 11.0 Å². The van der Waals surface area contributed by atoms with Crippen molar-refractivity contribution in [2.45, 2.75) is 26.3 Å². The predicted molar refractivity (Wildman–Crippen MR) is 65.4 cm³/mol. The highest BCUT2D eigenvalue weighted by atomic mass is 19.2. The van der Waals surface area contributed by atoms with Gasteiger partial charge in [0.1, 0.15) is 0 Å². The fourth-order valence-corrected chi connectivity index (χ4v) is 1.74. The van der Waals surface area contributed by atoms with Crippen LogP contribution < -0.4 is 0 Å². The summed E-state index contributed by atoms with van der Waals surface area (Å²) in [7, 11) is 0. The number of halogens is 2. The topological polar surface area (TPSA) is 27.1 Å². The van der Waals surface area contributed by atoms with Gasteiger partial charge in [-0.15, -0.1) is 0 Å². The zero-order valence-electron chi connectivity index (χ0n) is 10.3. The van der Waals surface area contributed by atoms with Crippen molar-refractivity contribution in [2.24, 2.45) is 0 Å². The molecule has 1 aromatic heterocycles. The van der Waals surface area contributed by atoms with Crippen molar-refractivity contribution in [3.63, 3.8) is 0 Å². The fourth-order valence-electron chi connectivity index (χ4n) is 1.74. The van der Waals surface area contributed by atoms with E-state index in [1.807, 2.05) is 0 Å². The SMILES string of the molecule is CCCCOCCn1cnc2cc(F)c(F)cc21. The third-order valence-corrected chi connectivity index (χ3v) is 2.78. The molecule has 0 aliphatic heterocycles. The first kappa shape index (κ1) is 13.0. The summed E-state index contributed by atoms with van der Waals surface area (Å²) in [6.45, 7) is 3.96. The van der Waals surface area contributed by atoms with Crippen LogP contribution in [-0.4, -0.2) is 22.8 Å². The van der Waals surface area contributed by atoms with Crippen molar-refractivity contribution in [1.82, 2.24) is 9.55 Å². The standard InChI is InChI=1S/C13H16F2N2O/c1-2-3-5-18-6-4-17-9-16-12-7-10(14)11(15)8-13(12)17/h7-9H,2-6H2,1H3. The monoisotopic (exact) mass is 254 g/mol. The molecule has 0 N–H and O–H groups in total. The molecule has 0 radical (unpaired) electrons. The summed E-state index contributed by atoms with van der Waals surface area (Å²) in [6.07, 6.45) is 3.70. The second-order valence-electron chi connectivity index (χ2n) is 4.16. The van der Waals surface area contributed by atoms with Crippen LogP contribution in [-0.2, 0) is 11.3 Å². The van der Waals surface area contributed by atoms with Gasteiger partial charge in [-0.05, 0) is 6.42 Å². The van der Waals surface area contributed by atoms with E-state index in [-0.39, 0.29) is 0 Å². The molecule has 18 heavy (non-hydrogen) atoms. The van der Waals surface area contributed by atoms with Gasteiger partial charge in [-0.1, -0.05) is 13.3 Å². The summed E-state index contributed by atoms with van der Waals surface area (Å²) in [5.74, 6) is -1.72. The van der Waals surface area contributed by atoms with E-state index >= 15 is 0 Å². The van der Waals surface area contributed by atoms with Crippen LogP contribution in [0.5, 0.6) is 0 Å². The highest BCUT2D eigenvalue weighted by Crippen LogP contribution is 2.17. The maximum absolute atomic E-state index is 13.1. The first-order valence-corrected chi connectivity index (χ1v) is 6.10. The quantitative estimate of drug-likeness (QED) is 0.740. The Morgan fingerprint density at radius 1 is 1.22 bits per heavy atom. The Morgan fingerprint density at radius 2 is 2.00 bits per heavy atom. The number of nitrogens with zero attached hydrogens (tertiary/aromatic N) is 2. The second kappa shape index (κ2) is 5.91. The molecular weight excluding hydrogens is 238 g/mol. The van der Waals surface area contributed by atoms with Crippen LogP contribution in [0, 0.1) is 11.6 Å². The Bertz CT molecular complexity index is 525. The molecule has 0 aliphatic rings. The predicted octanol–water partition coefficient (Wildman–Crippen LogP) is 3.13. The molecule has 1 aromatic carbocycles. The first-order valence-electron chi connectivity index (χ1n) is 6.10. The van der Waals surface area contributed by atoms with E-state index in [0.29, 0.717) is 24.2 Å². The van der Waals surface area contributed by atoms with Gasteiger partial charge in [0, 0.05) is 25.3 Å². The minimum absolute atomic E-state index is 0.461. The highest BCUT2D eigenvalue weighted by molar-refractivity contribution is 5.75. The van der Waals surface area contributed by atoms with Crippen LogP contribution in [0.2, 0.25) is 0 Å². The van der Waals surface area contributed by atoms with Crippen LogP contribution in [0.15, 0.2) is 18.5 Å². The Morgan fingerprint density at radius 3 is 2.78 bits per heavy atom. The van der Waals surface area contributed by atoms with E-state index in [1.54, 1.807) is 10.9 Å². The number of rotatable bonds is 6. The van der Waals surface area contributed by atoms with Gasteiger partial charge in [-0.25, -0.2) is 13.8 Å². The van der Waals surface area contributed by atoms with E-state index in [9.17, 15) is 8.78 Å². The molecule has 0 bridgehead atoms. The number of ether oxygens (including phenoxy) is 1. The number of unbranched alkanes of at least 4 members (excludes halogenated alkanes) is 1. The molecule has 0 amide bonds. The van der Waals surface area contributed by atoms with Gasteiger partial charge >= 0.3 is 0 Å². The lowest BCUT2D eigenvalue weighted by atomic mass is 10.3. The number of aromatic nitrogens is 2. The third-order valence-electron chi connectivity index (χ3n) is 2.78. The number of hydrogen-bond acceptors (Lipinski definition) is 2. The molecule has 98 valence electrons. The smallest absolute Gasteiger partial charge is 0.161 e. The largest absolute Gasteiger partial charge is 0.380 e. The van der Waals surface area contributed by atoms with Crippen LogP contribution in [0.25, 0.3) is 11.0 Å². The lowest BCUT2D eigenvalue weighted by Gasteiger charge is -2.05. The zero-order valence-corrected chi connectivity index (χ0v) is 10.3. The second-order valence-corrected chi connectivity index (χ2v) is 4.16. The van der Waals surface area contributed by atoms with Crippen LogP contribution in [0.3, 0.4) is 0 Å². The van der Waals surface area contributed by atoms with Gasteiger partial charge < -0.3 is 9.30 Å². The van der Waals surface area contributed by atoms with Crippen molar-refractivity contribution in [3.8, 4) is 0 Å². The van der Waals surface area contributed by atoms with Crippen LogP contribution in [0.1, 0.15) is 19.8 Å². The van der Waals surface area contributed by atoms with E-state index in [1.165, 1.54) is 6.07 Å². The number of imidazole rings is 1. The first-order chi connectivity index (χ1) is 8.72. The maximum Gasteiger partial charge on any atom is 0.161 e. The summed E-state index contributed by atoms with van der Waals surface area (Å²) < 4.78 is 33.3. The van der Waals surface area contributed by atoms with Gasteiger partial charge in [0.15, 0.2) is 11.6 Å². The van der Waals surface area contributed by atoms with E-state index in [2.05, 4.69) is 11.9 Å². The lowest BCUT2D eigenvalue weighted by molar-refractivity contribution is 0.124. The third kappa shape index (κ3) is 2.85. The average Bonchev–Trinajstić information content (AvgIpc) is 2.72. The molecule has 1 heterocycles. The normalized spacial score (nSPS) is 11.3. The summed E-state index contributed by atoms with van der Waals surface area (Å²) in [5, 5.41) is 0. The molecule has 3 nitrogen and oxygen atoms in total. The van der Waals surface area contributed by atoms with Crippen molar-refractivity contribution < 1.29 is 13.5 Å². The Kier molecular flexibility index (Phi) is 4.25. The van der Waals surface area contributed by atoms with Gasteiger partial charge in [-0.3, -0.25) is 0 Å². The molecule has 0 spiro atoms. The Balaban J connectivity index is 2.03. The van der Waals surface area contributed by atoms with Crippen molar-refractivity contribution in [2.75, 3.05) is 13.2 Å². The van der Waals surface area contributed by atoms with Crippen molar-refractivity contribution in [3.05, 3.63) is 30.1 Å². The van der Waals surface area contributed by atoms with E-state index in [4.69, 9.17) is 4.74 Å². The Hall–Kier alpha value is -1.49. The van der Waals surface area contributed by atoms with Crippen LogP contribution >= 0.6 is 0 Å². The summed E-state index contributed by atoms with van der Waals surface area (Å²) in [5.41, 5.74) is 1.05. The molecule has 2 aromatic rings. The van der Waals surface area contributed by atoms with Crippen LogP contribution in [0.4, 0.5) is 8.78 Å². The van der Waals surface area contributed by atoms with Gasteiger partial charge in [0.2, 0.25) is 0 Å². The van der Waals surface area contributed by atoms with Gasteiger partial charge in [0.25, 0.3) is 0 Å².